The number of halogens is 1. The smallest absolute Gasteiger partial charge is 0.130 e. The highest BCUT2D eigenvalue weighted by Crippen LogP contribution is 2.21. The number of hydrogen-bond acceptors (Lipinski definition) is 2. The first-order valence-electron chi connectivity index (χ1n) is 6.03. The van der Waals surface area contributed by atoms with Crippen LogP contribution in [0, 0.1) is 0 Å². The van der Waals surface area contributed by atoms with Crippen LogP contribution in [0.25, 0.3) is 10.8 Å². The molecule has 0 spiro atoms. The average Bonchev–Trinajstić information content (AvgIpc) is 2.45. The first-order chi connectivity index (χ1) is 9.31. The van der Waals surface area contributed by atoms with Gasteiger partial charge in [-0.3, -0.25) is 4.98 Å². The van der Waals surface area contributed by atoms with Gasteiger partial charge in [0.15, 0.2) is 0 Å². The predicted molar refractivity (Wildman–Crippen MR) is 77.5 cm³/mol. The number of rotatable bonds is 3. The summed E-state index contributed by atoms with van der Waals surface area (Å²) in [6, 6.07) is 17.8. The van der Waals surface area contributed by atoms with Crippen molar-refractivity contribution in [2.75, 3.05) is 0 Å². The molecule has 0 aliphatic rings. The van der Waals surface area contributed by atoms with Gasteiger partial charge >= 0.3 is 0 Å². The van der Waals surface area contributed by atoms with Crippen LogP contribution >= 0.6 is 11.6 Å². The summed E-state index contributed by atoms with van der Waals surface area (Å²) >= 11 is 5.91. The summed E-state index contributed by atoms with van der Waals surface area (Å²) in [5.74, 6) is 0.834. The fourth-order valence-electron chi connectivity index (χ4n) is 1.94. The van der Waals surface area contributed by atoms with Gasteiger partial charge in [0, 0.05) is 11.2 Å². The van der Waals surface area contributed by atoms with Crippen molar-refractivity contribution in [2.45, 2.75) is 6.61 Å². The Morgan fingerprint density at radius 3 is 2.63 bits per heavy atom. The van der Waals surface area contributed by atoms with Crippen LogP contribution in [0.4, 0.5) is 0 Å². The summed E-state index contributed by atoms with van der Waals surface area (Å²) in [4.78, 5) is 4.21. The van der Waals surface area contributed by atoms with E-state index in [1.807, 2.05) is 30.3 Å². The van der Waals surface area contributed by atoms with Crippen LogP contribution in [-0.2, 0) is 6.61 Å². The molecule has 0 bridgehead atoms. The molecule has 0 radical (unpaired) electrons. The normalized spacial score (nSPS) is 10.6. The zero-order chi connectivity index (χ0) is 13.1. The molecule has 0 saturated heterocycles. The molecule has 3 heteroatoms. The zero-order valence-corrected chi connectivity index (χ0v) is 11.0. The van der Waals surface area contributed by atoms with E-state index in [1.165, 1.54) is 10.8 Å². The van der Waals surface area contributed by atoms with E-state index in [0.717, 1.165) is 11.4 Å². The Morgan fingerprint density at radius 2 is 1.79 bits per heavy atom. The van der Waals surface area contributed by atoms with E-state index < -0.39 is 0 Å². The van der Waals surface area contributed by atoms with Gasteiger partial charge in [-0.1, -0.05) is 41.9 Å². The zero-order valence-electron chi connectivity index (χ0n) is 10.2. The van der Waals surface area contributed by atoms with E-state index in [0.29, 0.717) is 11.6 Å². The van der Waals surface area contributed by atoms with Gasteiger partial charge in [0.1, 0.15) is 12.4 Å². The molecule has 0 unspecified atom stereocenters. The van der Waals surface area contributed by atoms with Crippen LogP contribution in [0.15, 0.2) is 60.8 Å². The van der Waals surface area contributed by atoms with Crippen molar-refractivity contribution in [3.05, 3.63) is 71.5 Å². The lowest BCUT2D eigenvalue weighted by atomic mass is 10.1. The van der Waals surface area contributed by atoms with Gasteiger partial charge in [-0.25, -0.2) is 0 Å². The standard InChI is InChI=1S/C16H12ClNO/c17-14-7-8-18-15(10-14)11-19-16-6-5-12-3-1-2-4-13(12)9-16/h1-10H,11H2. The van der Waals surface area contributed by atoms with Gasteiger partial charge < -0.3 is 4.74 Å². The van der Waals surface area contributed by atoms with Crippen molar-refractivity contribution in [2.24, 2.45) is 0 Å². The summed E-state index contributed by atoms with van der Waals surface area (Å²) in [7, 11) is 0. The molecule has 3 rings (SSSR count). The minimum absolute atomic E-state index is 0.416. The summed E-state index contributed by atoms with van der Waals surface area (Å²) in [6.45, 7) is 0.416. The maximum Gasteiger partial charge on any atom is 0.130 e. The van der Waals surface area contributed by atoms with E-state index in [4.69, 9.17) is 16.3 Å². The summed E-state index contributed by atoms with van der Waals surface area (Å²) < 4.78 is 5.73. The molecule has 19 heavy (non-hydrogen) atoms. The summed E-state index contributed by atoms with van der Waals surface area (Å²) in [6.07, 6.45) is 1.68. The van der Waals surface area contributed by atoms with Crippen molar-refractivity contribution in [1.82, 2.24) is 4.98 Å². The minimum Gasteiger partial charge on any atom is -0.487 e. The number of benzene rings is 2. The van der Waals surface area contributed by atoms with Crippen molar-refractivity contribution < 1.29 is 4.74 Å². The quantitative estimate of drug-likeness (QED) is 0.700. The average molecular weight is 270 g/mol. The number of hydrogen-bond donors (Lipinski definition) is 0. The fourth-order valence-corrected chi connectivity index (χ4v) is 2.12. The molecule has 0 aliphatic heterocycles. The molecule has 0 atom stereocenters. The molecule has 0 N–H and O–H groups in total. The predicted octanol–water partition coefficient (Wildman–Crippen LogP) is 4.47. The summed E-state index contributed by atoms with van der Waals surface area (Å²) in [5, 5.41) is 3.04. The molecular weight excluding hydrogens is 258 g/mol. The van der Waals surface area contributed by atoms with Gasteiger partial charge in [-0.2, -0.15) is 0 Å². The van der Waals surface area contributed by atoms with E-state index in [2.05, 4.69) is 23.2 Å². The lowest BCUT2D eigenvalue weighted by Gasteiger charge is -2.07. The Labute approximate surface area is 116 Å². The van der Waals surface area contributed by atoms with Crippen LogP contribution in [0.3, 0.4) is 0 Å². The molecule has 0 aliphatic carbocycles. The molecule has 0 saturated carbocycles. The van der Waals surface area contributed by atoms with Crippen LogP contribution in [-0.4, -0.2) is 4.98 Å². The molecule has 1 aromatic heterocycles. The highest BCUT2D eigenvalue weighted by atomic mass is 35.5. The summed E-state index contributed by atoms with van der Waals surface area (Å²) in [5.41, 5.74) is 0.820. The molecule has 94 valence electrons. The number of aromatic nitrogens is 1. The Hall–Kier alpha value is -2.06. The van der Waals surface area contributed by atoms with E-state index in [9.17, 15) is 0 Å². The number of fused-ring (bicyclic) bond motifs is 1. The lowest BCUT2D eigenvalue weighted by molar-refractivity contribution is 0.302. The topological polar surface area (TPSA) is 22.1 Å². The number of nitrogens with zero attached hydrogens (tertiary/aromatic N) is 1. The molecule has 3 aromatic rings. The third-order valence-electron chi connectivity index (χ3n) is 2.89. The Bertz CT molecular complexity index is 712. The number of pyridine rings is 1. The van der Waals surface area contributed by atoms with Crippen molar-refractivity contribution in [1.29, 1.82) is 0 Å². The highest BCUT2D eigenvalue weighted by molar-refractivity contribution is 6.30. The maximum absolute atomic E-state index is 5.91. The van der Waals surface area contributed by atoms with E-state index >= 15 is 0 Å². The maximum atomic E-state index is 5.91. The van der Waals surface area contributed by atoms with Crippen molar-refractivity contribution in [3.8, 4) is 5.75 Å². The first-order valence-corrected chi connectivity index (χ1v) is 6.41. The molecule has 1 heterocycles. The van der Waals surface area contributed by atoms with Crippen LogP contribution in [0.1, 0.15) is 5.69 Å². The van der Waals surface area contributed by atoms with E-state index in [-0.39, 0.29) is 0 Å². The monoisotopic (exact) mass is 269 g/mol. The SMILES string of the molecule is Clc1ccnc(COc2ccc3ccccc3c2)c1. The van der Waals surface area contributed by atoms with Crippen LogP contribution in [0.5, 0.6) is 5.75 Å². The third kappa shape index (κ3) is 2.85. The van der Waals surface area contributed by atoms with Gasteiger partial charge in [-0.15, -0.1) is 0 Å². The molecule has 0 fully saturated rings. The van der Waals surface area contributed by atoms with Crippen LogP contribution in [0.2, 0.25) is 5.02 Å². The van der Waals surface area contributed by atoms with Gasteiger partial charge in [-0.05, 0) is 35.0 Å². The van der Waals surface area contributed by atoms with Crippen molar-refractivity contribution >= 4 is 22.4 Å². The Morgan fingerprint density at radius 1 is 0.947 bits per heavy atom. The second-order valence-corrected chi connectivity index (χ2v) is 4.70. The number of ether oxygens (including phenoxy) is 1. The Balaban J connectivity index is 1.78. The lowest BCUT2D eigenvalue weighted by Crippen LogP contribution is -1.97. The van der Waals surface area contributed by atoms with Gasteiger partial charge in [0.05, 0.1) is 5.69 Å². The van der Waals surface area contributed by atoms with Gasteiger partial charge in [0.2, 0.25) is 0 Å². The first kappa shape index (κ1) is 12.0. The second kappa shape index (κ2) is 5.29. The van der Waals surface area contributed by atoms with Gasteiger partial charge in [0.25, 0.3) is 0 Å². The largest absolute Gasteiger partial charge is 0.487 e. The Kier molecular flexibility index (Phi) is 3.34. The van der Waals surface area contributed by atoms with Crippen LogP contribution < -0.4 is 4.74 Å². The van der Waals surface area contributed by atoms with Crippen molar-refractivity contribution in [3.63, 3.8) is 0 Å². The highest BCUT2D eigenvalue weighted by Gasteiger charge is 2.00. The molecule has 2 aromatic carbocycles. The molecule has 0 amide bonds. The second-order valence-electron chi connectivity index (χ2n) is 4.26. The van der Waals surface area contributed by atoms with E-state index in [1.54, 1.807) is 12.3 Å². The minimum atomic E-state index is 0.416. The third-order valence-corrected chi connectivity index (χ3v) is 3.12. The molecule has 2 nitrogen and oxygen atoms in total. The molecular formula is C16H12ClNO. The fraction of sp³-hybridized carbons (Fsp3) is 0.0625.